The zero-order valence-electron chi connectivity index (χ0n) is 11.5. The molecule has 0 amide bonds. The number of aromatic carboxylic acids is 1. The van der Waals surface area contributed by atoms with E-state index >= 15 is 0 Å². The molecule has 5 nitrogen and oxygen atoms in total. The lowest BCUT2D eigenvalue weighted by Gasteiger charge is -2.07. The molecule has 3 rings (SSSR count). The average molecular weight is 282 g/mol. The summed E-state index contributed by atoms with van der Waals surface area (Å²) in [6.07, 6.45) is 0. The SMILES string of the molecule is Cc1cccc2c(C(=O)O)nc(COc3ccccc3)n12. The molecule has 0 bridgehead atoms. The maximum absolute atomic E-state index is 11.3. The van der Waals surface area contributed by atoms with E-state index in [0.29, 0.717) is 11.3 Å². The van der Waals surface area contributed by atoms with E-state index in [1.807, 2.05) is 53.8 Å². The van der Waals surface area contributed by atoms with Crippen molar-refractivity contribution >= 4 is 11.5 Å². The number of imidazole rings is 1. The smallest absolute Gasteiger partial charge is 0.356 e. The summed E-state index contributed by atoms with van der Waals surface area (Å²) in [5.41, 5.74) is 1.54. The Kier molecular flexibility index (Phi) is 3.31. The quantitative estimate of drug-likeness (QED) is 0.799. The summed E-state index contributed by atoms with van der Waals surface area (Å²) >= 11 is 0. The fourth-order valence-electron chi connectivity index (χ4n) is 2.30. The second-order valence-electron chi connectivity index (χ2n) is 4.67. The Bertz CT molecular complexity index is 794. The summed E-state index contributed by atoms with van der Waals surface area (Å²) in [4.78, 5) is 15.5. The van der Waals surface area contributed by atoms with Crippen LogP contribution in [0, 0.1) is 6.92 Å². The maximum Gasteiger partial charge on any atom is 0.356 e. The number of rotatable bonds is 4. The van der Waals surface area contributed by atoms with Crippen molar-refractivity contribution in [3.8, 4) is 5.75 Å². The molecule has 3 aromatic rings. The number of hydrogen-bond donors (Lipinski definition) is 1. The van der Waals surface area contributed by atoms with Gasteiger partial charge in [-0.3, -0.25) is 4.40 Å². The zero-order chi connectivity index (χ0) is 14.8. The van der Waals surface area contributed by atoms with Gasteiger partial charge in [-0.2, -0.15) is 0 Å². The van der Waals surface area contributed by atoms with Crippen LogP contribution in [0.5, 0.6) is 5.75 Å². The number of benzene rings is 1. The van der Waals surface area contributed by atoms with E-state index in [9.17, 15) is 9.90 Å². The van der Waals surface area contributed by atoms with Crippen molar-refractivity contribution < 1.29 is 14.6 Å². The van der Waals surface area contributed by atoms with Crippen LogP contribution in [0.25, 0.3) is 5.52 Å². The number of pyridine rings is 1. The highest BCUT2D eigenvalue weighted by Gasteiger charge is 2.17. The van der Waals surface area contributed by atoms with Gasteiger partial charge in [-0.15, -0.1) is 0 Å². The number of carboxylic acids is 1. The van der Waals surface area contributed by atoms with Crippen LogP contribution in [-0.4, -0.2) is 20.5 Å². The van der Waals surface area contributed by atoms with Gasteiger partial charge in [0, 0.05) is 5.69 Å². The number of aromatic nitrogens is 2. The molecule has 5 heteroatoms. The largest absolute Gasteiger partial charge is 0.486 e. The molecule has 0 aliphatic rings. The highest BCUT2D eigenvalue weighted by atomic mass is 16.5. The van der Waals surface area contributed by atoms with Gasteiger partial charge in [0.25, 0.3) is 0 Å². The van der Waals surface area contributed by atoms with Crippen LogP contribution in [0.3, 0.4) is 0 Å². The summed E-state index contributed by atoms with van der Waals surface area (Å²) < 4.78 is 7.48. The molecule has 1 aromatic carbocycles. The molecule has 0 unspecified atom stereocenters. The first kappa shape index (κ1) is 13.2. The Balaban J connectivity index is 2.00. The Morgan fingerprint density at radius 2 is 1.95 bits per heavy atom. The van der Waals surface area contributed by atoms with Gasteiger partial charge in [0.2, 0.25) is 0 Å². The van der Waals surface area contributed by atoms with E-state index in [1.54, 1.807) is 6.07 Å². The van der Waals surface area contributed by atoms with Crippen molar-refractivity contribution in [1.29, 1.82) is 0 Å². The molecule has 0 aliphatic carbocycles. The Morgan fingerprint density at radius 1 is 1.19 bits per heavy atom. The second kappa shape index (κ2) is 5.28. The first-order chi connectivity index (χ1) is 10.2. The van der Waals surface area contributed by atoms with Crippen molar-refractivity contribution in [2.24, 2.45) is 0 Å². The first-order valence-electron chi connectivity index (χ1n) is 6.55. The molecular weight excluding hydrogens is 268 g/mol. The maximum atomic E-state index is 11.3. The fourth-order valence-corrected chi connectivity index (χ4v) is 2.30. The van der Waals surface area contributed by atoms with Gasteiger partial charge in [-0.1, -0.05) is 24.3 Å². The third-order valence-electron chi connectivity index (χ3n) is 3.24. The number of aryl methyl sites for hydroxylation is 1. The number of ether oxygens (including phenoxy) is 1. The van der Waals surface area contributed by atoms with E-state index < -0.39 is 5.97 Å². The van der Waals surface area contributed by atoms with Crippen LogP contribution in [0.15, 0.2) is 48.5 Å². The number of fused-ring (bicyclic) bond motifs is 1. The van der Waals surface area contributed by atoms with Gasteiger partial charge in [0.1, 0.15) is 12.4 Å². The van der Waals surface area contributed by atoms with Gasteiger partial charge < -0.3 is 9.84 Å². The number of para-hydroxylation sites is 1. The van der Waals surface area contributed by atoms with E-state index in [-0.39, 0.29) is 12.3 Å². The van der Waals surface area contributed by atoms with Crippen LogP contribution in [0.2, 0.25) is 0 Å². The van der Waals surface area contributed by atoms with Gasteiger partial charge >= 0.3 is 5.97 Å². The molecule has 0 fully saturated rings. The number of carboxylic acid groups (broad SMARTS) is 1. The van der Waals surface area contributed by atoms with Crippen molar-refractivity contribution in [3.63, 3.8) is 0 Å². The Morgan fingerprint density at radius 3 is 2.67 bits per heavy atom. The minimum atomic E-state index is -1.04. The summed E-state index contributed by atoms with van der Waals surface area (Å²) in [7, 11) is 0. The third-order valence-corrected chi connectivity index (χ3v) is 3.24. The predicted molar refractivity (Wildman–Crippen MR) is 77.7 cm³/mol. The molecule has 0 radical (unpaired) electrons. The number of carbonyl (C=O) groups is 1. The minimum Gasteiger partial charge on any atom is -0.486 e. The molecule has 0 saturated carbocycles. The predicted octanol–water partition coefficient (Wildman–Crippen LogP) is 2.92. The van der Waals surface area contributed by atoms with Gasteiger partial charge in [0.05, 0.1) is 5.52 Å². The Labute approximate surface area is 121 Å². The lowest BCUT2D eigenvalue weighted by Crippen LogP contribution is -2.03. The normalized spacial score (nSPS) is 10.7. The van der Waals surface area contributed by atoms with Gasteiger partial charge in [-0.25, -0.2) is 9.78 Å². The fraction of sp³-hybridized carbons (Fsp3) is 0.125. The summed E-state index contributed by atoms with van der Waals surface area (Å²) in [6.45, 7) is 2.12. The molecule has 0 spiro atoms. The molecule has 0 saturated heterocycles. The first-order valence-corrected chi connectivity index (χ1v) is 6.55. The summed E-state index contributed by atoms with van der Waals surface area (Å²) in [5, 5.41) is 9.26. The molecular formula is C16H14N2O3. The summed E-state index contributed by atoms with van der Waals surface area (Å²) in [6, 6.07) is 14.8. The summed E-state index contributed by atoms with van der Waals surface area (Å²) in [5.74, 6) is 0.258. The number of nitrogens with zero attached hydrogens (tertiary/aromatic N) is 2. The van der Waals surface area contributed by atoms with Crippen LogP contribution in [0.4, 0.5) is 0 Å². The molecule has 0 aliphatic heterocycles. The van der Waals surface area contributed by atoms with Crippen LogP contribution in [0.1, 0.15) is 22.0 Å². The zero-order valence-corrected chi connectivity index (χ0v) is 11.5. The van der Waals surface area contributed by atoms with Gasteiger partial charge in [-0.05, 0) is 31.2 Å². The third kappa shape index (κ3) is 2.45. The molecule has 0 atom stereocenters. The minimum absolute atomic E-state index is 0.0466. The lowest BCUT2D eigenvalue weighted by atomic mass is 10.3. The molecule has 2 heterocycles. The van der Waals surface area contributed by atoms with E-state index in [1.165, 1.54) is 0 Å². The van der Waals surface area contributed by atoms with E-state index in [0.717, 1.165) is 11.4 Å². The monoisotopic (exact) mass is 282 g/mol. The topological polar surface area (TPSA) is 63.8 Å². The second-order valence-corrected chi connectivity index (χ2v) is 4.67. The van der Waals surface area contributed by atoms with E-state index in [2.05, 4.69) is 4.98 Å². The van der Waals surface area contributed by atoms with Gasteiger partial charge in [0.15, 0.2) is 11.5 Å². The van der Waals surface area contributed by atoms with Crippen LogP contribution in [-0.2, 0) is 6.61 Å². The molecule has 106 valence electrons. The molecule has 2 aromatic heterocycles. The standard InChI is InChI=1S/C16H14N2O3/c1-11-6-5-9-13-15(16(19)20)17-14(18(11)13)10-21-12-7-3-2-4-8-12/h2-9H,10H2,1H3,(H,19,20). The van der Waals surface area contributed by atoms with Crippen molar-refractivity contribution in [2.45, 2.75) is 13.5 Å². The van der Waals surface area contributed by atoms with Crippen LogP contribution >= 0.6 is 0 Å². The highest BCUT2D eigenvalue weighted by molar-refractivity contribution is 5.93. The van der Waals surface area contributed by atoms with Crippen molar-refractivity contribution in [2.75, 3.05) is 0 Å². The average Bonchev–Trinajstić information content (AvgIpc) is 2.87. The van der Waals surface area contributed by atoms with Crippen molar-refractivity contribution in [1.82, 2.24) is 9.38 Å². The van der Waals surface area contributed by atoms with Crippen molar-refractivity contribution in [3.05, 3.63) is 65.7 Å². The highest BCUT2D eigenvalue weighted by Crippen LogP contribution is 2.18. The number of hydrogen-bond acceptors (Lipinski definition) is 3. The lowest BCUT2D eigenvalue weighted by molar-refractivity contribution is 0.0693. The van der Waals surface area contributed by atoms with Crippen LogP contribution < -0.4 is 4.74 Å². The van der Waals surface area contributed by atoms with E-state index in [4.69, 9.17) is 4.74 Å². The molecule has 21 heavy (non-hydrogen) atoms. The Hall–Kier alpha value is -2.82. The molecule has 1 N–H and O–H groups in total.